The van der Waals surface area contributed by atoms with Crippen molar-refractivity contribution in [2.24, 2.45) is 4.99 Å². The summed E-state index contributed by atoms with van der Waals surface area (Å²) < 4.78 is 0. The maximum atomic E-state index is 4.43. The highest BCUT2D eigenvalue weighted by molar-refractivity contribution is 5.82. The van der Waals surface area contributed by atoms with Gasteiger partial charge in [-0.3, -0.25) is 4.99 Å². The van der Waals surface area contributed by atoms with E-state index in [2.05, 4.69) is 38.8 Å². The van der Waals surface area contributed by atoms with Crippen molar-refractivity contribution in [2.75, 3.05) is 0 Å². The summed E-state index contributed by atoms with van der Waals surface area (Å²) >= 11 is 0. The van der Waals surface area contributed by atoms with Crippen LogP contribution in [0.3, 0.4) is 0 Å². The lowest BCUT2D eigenvalue weighted by Gasteiger charge is -1.97. The fourth-order valence-electron chi connectivity index (χ4n) is 1.06. The van der Waals surface area contributed by atoms with Crippen molar-refractivity contribution in [3.05, 3.63) is 11.8 Å². The van der Waals surface area contributed by atoms with Crippen molar-refractivity contribution in [3.63, 3.8) is 0 Å². The molecule has 0 heterocycles. The molecule has 11 heavy (non-hydrogen) atoms. The minimum Gasteiger partial charge on any atom is -0.263 e. The summed E-state index contributed by atoms with van der Waals surface area (Å²) in [7, 11) is 0. The Labute approximate surface area is 70.2 Å². The van der Waals surface area contributed by atoms with Crippen molar-refractivity contribution in [2.45, 2.75) is 47.0 Å². The molecule has 1 nitrogen and oxygen atoms in total. The van der Waals surface area contributed by atoms with Gasteiger partial charge in [-0.1, -0.05) is 26.3 Å². The van der Waals surface area contributed by atoms with Crippen LogP contribution in [0.4, 0.5) is 0 Å². The standard InChI is InChI=1S/C10H19N/c1-5-7-9(3)11-10(4)8-6-2/h7H,5-6,8H2,1-4H3/b9-7+,11-10?. The average molecular weight is 153 g/mol. The Morgan fingerprint density at radius 2 is 1.91 bits per heavy atom. The van der Waals surface area contributed by atoms with Gasteiger partial charge in [0, 0.05) is 11.4 Å². The maximum absolute atomic E-state index is 4.43. The predicted molar refractivity (Wildman–Crippen MR) is 52.1 cm³/mol. The number of aliphatic imine (C=N–C) groups is 1. The average Bonchev–Trinajstić information content (AvgIpc) is 1.87. The molecular formula is C10H19N. The van der Waals surface area contributed by atoms with Crippen molar-refractivity contribution in [3.8, 4) is 0 Å². The van der Waals surface area contributed by atoms with E-state index in [1.807, 2.05) is 0 Å². The molecule has 0 saturated carbocycles. The zero-order valence-electron chi connectivity index (χ0n) is 8.15. The van der Waals surface area contributed by atoms with Gasteiger partial charge in [0.05, 0.1) is 0 Å². The molecule has 1 heteroatoms. The molecule has 0 fully saturated rings. The van der Waals surface area contributed by atoms with Crippen LogP contribution in [-0.2, 0) is 0 Å². The number of allylic oxidation sites excluding steroid dienone is 2. The van der Waals surface area contributed by atoms with E-state index in [1.54, 1.807) is 0 Å². The Balaban J connectivity index is 3.96. The minimum absolute atomic E-state index is 1.08. The predicted octanol–water partition coefficient (Wildman–Crippen LogP) is 3.56. The van der Waals surface area contributed by atoms with E-state index in [4.69, 9.17) is 0 Å². The van der Waals surface area contributed by atoms with E-state index in [1.165, 1.54) is 12.1 Å². The molecule has 0 aromatic carbocycles. The third-order valence-electron chi connectivity index (χ3n) is 1.48. The van der Waals surface area contributed by atoms with Gasteiger partial charge in [0.15, 0.2) is 0 Å². The van der Waals surface area contributed by atoms with Crippen molar-refractivity contribution < 1.29 is 0 Å². The highest BCUT2D eigenvalue weighted by Crippen LogP contribution is 2.00. The van der Waals surface area contributed by atoms with Crippen LogP contribution in [-0.4, -0.2) is 5.71 Å². The molecule has 0 unspecified atom stereocenters. The highest BCUT2D eigenvalue weighted by atomic mass is 14.7. The van der Waals surface area contributed by atoms with Crippen LogP contribution < -0.4 is 0 Å². The fourth-order valence-corrected chi connectivity index (χ4v) is 1.06. The second-order valence-electron chi connectivity index (χ2n) is 2.85. The molecular weight excluding hydrogens is 134 g/mol. The summed E-state index contributed by atoms with van der Waals surface area (Å²) in [6.45, 7) is 8.46. The van der Waals surface area contributed by atoms with Gasteiger partial charge in [0.2, 0.25) is 0 Å². The molecule has 0 atom stereocenters. The van der Waals surface area contributed by atoms with Crippen molar-refractivity contribution >= 4 is 5.71 Å². The van der Waals surface area contributed by atoms with Crippen molar-refractivity contribution in [1.29, 1.82) is 0 Å². The summed E-state index contributed by atoms with van der Waals surface area (Å²) in [5, 5.41) is 0. The minimum atomic E-state index is 1.08. The fraction of sp³-hybridized carbons (Fsp3) is 0.700. The second kappa shape index (κ2) is 6.14. The third-order valence-corrected chi connectivity index (χ3v) is 1.48. The van der Waals surface area contributed by atoms with Gasteiger partial charge in [-0.2, -0.15) is 0 Å². The molecule has 0 N–H and O–H groups in total. The smallest absolute Gasteiger partial charge is 0.0332 e. The topological polar surface area (TPSA) is 12.4 Å². The van der Waals surface area contributed by atoms with Gasteiger partial charge in [-0.05, 0) is 26.7 Å². The van der Waals surface area contributed by atoms with Crippen LogP contribution in [0.2, 0.25) is 0 Å². The van der Waals surface area contributed by atoms with E-state index >= 15 is 0 Å². The zero-order valence-corrected chi connectivity index (χ0v) is 8.15. The van der Waals surface area contributed by atoms with Crippen LogP contribution in [0.1, 0.15) is 47.0 Å². The largest absolute Gasteiger partial charge is 0.263 e. The third kappa shape index (κ3) is 5.84. The van der Waals surface area contributed by atoms with Gasteiger partial charge in [-0.25, -0.2) is 0 Å². The SMILES string of the molecule is CC/C=C(\C)N=C(C)CCC. The molecule has 0 amide bonds. The summed E-state index contributed by atoms with van der Waals surface area (Å²) in [4.78, 5) is 4.43. The molecule has 0 saturated heterocycles. The summed E-state index contributed by atoms with van der Waals surface area (Å²) in [5.74, 6) is 0. The number of hydrogen-bond donors (Lipinski definition) is 0. The molecule has 0 radical (unpaired) electrons. The Hall–Kier alpha value is -0.590. The van der Waals surface area contributed by atoms with Gasteiger partial charge in [0.25, 0.3) is 0 Å². The lowest BCUT2D eigenvalue weighted by molar-refractivity contribution is 0.982. The normalized spacial score (nSPS) is 13.8. The quantitative estimate of drug-likeness (QED) is 0.547. The monoisotopic (exact) mass is 153 g/mol. The first-order valence-corrected chi connectivity index (χ1v) is 4.41. The molecule has 64 valence electrons. The van der Waals surface area contributed by atoms with E-state index in [0.29, 0.717) is 0 Å². The van der Waals surface area contributed by atoms with Crippen molar-refractivity contribution in [1.82, 2.24) is 0 Å². The van der Waals surface area contributed by atoms with Crippen LogP contribution >= 0.6 is 0 Å². The number of hydrogen-bond acceptors (Lipinski definition) is 1. The van der Waals surface area contributed by atoms with Gasteiger partial charge < -0.3 is 0 Å². The molecule has 0 aliphatic rings. The van der Waals surface area contributed by atoms with Crippen LogP contribution in [0.25, 0.3) is 0 Å². The lowest BCUT2D eigenvalue weighted by atomic mass is 10.2. The first-order valence-electron chi connectivity index (χ1n) is 4.41. The number of nitrogens with zero attached hydrogens (tertiary/aromatic N) is 1. The first kappa shape index (κ1) is 10.4. The molecule has 0 spiro atoms. The van der Waals surface area contributed by atoms with Crippen LogP contribution in [0.5, 0.6) is 0 Å². The molecule has 0 aliphatic carbocycles. The van der Waals surface area contributed by atoms with Crippen LogP contribution in [0.15, 0.2) is 16.8 Å². The lowest BCUT2D eigenvalue weighted by Crippen LogP contribution is -1.89. The van der Waals surface area contributed by atoms with Crippen LogP contribution in [0, 0.1) is 0 Å². The van der Waals surface area contributed by atoms with Gasteiger partial charge in [0.1, 0.15) is 0 Å². The molecule has 0 aromatic rings. The summed E-state index contributed by atoms with van der Waals surface area (Å²) in [5.41, 5.74) is 2.40. The maximum Gasteiger partial charge on any atom is 0.0332 e. The molecule has 0 rings (SSSR count). The Morgan fingerprint density at radius 1 is 1.27 bits per heavy atom. The number of rotatable bonds is 4. The Kier molecular flexibility index (Phi) is 5.81. The Morgan fingerprint density at radius 3 is 2.36 bits per heavy atom. The zero-order chi connectivity index (χ0) is 8.69. The second-order valence-corrected chi connectivity index (χ2v) is 2.85. The highest BCUT2D eigenvalue weighted by Gasteiger charge is 1.88. The van der Waals surface area contributed by atoms with E-state index < -0.39 is 0 Å². The molecule has 0 bridgehead atoms. The first-order chi connectivity index (χ1) is 5.20. The van der Waals surface area contributed by atoms with Gasteiger partial charge >= 0.3 is 0 Å². The molecule has 0 aromatic heterocycles. The van der Waals surface area contributed by atoms with E-state index in [0.717, 1.165) is 18.5 Å². The summed E-state index contributed by atoms with van der Waals surface area (Å²) in [6.07, 6.45) is 5.54. The van der Waals surface area contributed by atoms with E-state index in [-0.39, 0.29) is 0 Å². The van der Waals surface area contributed by atoms with E-state index in [9.17, 15) is 0 Å². The Bertz CT molecular complexity index is 154. The summed E-state index contributed by atoms with van der Waals surface area (Å²) in [6, 6.07) is 0. The molecule has 0 aliphatic heterocycles. The van der Waals surface area contributed by atoms with Gasteiger partial charge in [-0.15, -0.1) is 0 Å².